The van der Waals surface area contributed by atoms with E-state index in [0.29, 0.717) is 18.2 Å². The average molecular weight is 236 g/mol. The van der Waals surface area contributed by atoms with Gasteiger partial charge in [0.25, 0.3) is 0 Å². The molecule has 2 heterocycles. The number of rotatable bonds is 3. The van der Waals surface area contributed by atoms with Gasteiger partial charge in [-0.05, 0) is 6.92 Å². The highest BCUT2D eigenvalue weighted by Gasteiger charge is 2.16. The number of hydrogen-bond donors (Lipinski definition) is 1. The van der Waals surface area contributed by atoms with Gasteiger partial charge in [-0.15, -0.1) is 0 Å². The second-order valence-corrected chi connectivity index (χ2v) is 3.46. The van der Waals surface area contributed by atoms with E-state index in [2.05, 4.69) is 14.7 Å². The predicted molar refractivity (Wildman–Crippen MR) is 58.3 cm³/mol. The normalized spacial score (nSPS) is 10.5. The molecule has 0 aliphatic carbocycles. The molecule has 0 aromatic carbocycles. The Labute approximate surface area is 97.2 Å². The largest absolute Gasteiger partial charge is 0.464 e. The van der Waals surface area contributed by atoms with Crippen LogP contribution in [0.15, 0.2) is 16.9 Å². The summed E-state index contributed by atoms with van der Waals surface area (Å²) in [6.45, 7) is 2.12. The van der Waals surface area contributed by atoms with E-state index in [1.165, 1.54) is 13.4 Å². The minimum Gasteiger partial charge on any atom is -0.464 e. The van der Waals surface area contributed by atoms with Gasteiger partial charge in [-0.2, -0.15) is 0 Å². The molecule has 0 saturated heterocycles. The third-order valence-corrected chi connectivity index (χ3v) is 2.23. The molecule has 7 heteroatoms. The first-order chi connectivity index (χ1) is 8.11. The van der Waals surface area contributed by atoms with Crippen molar-refractivity contribution >= 4 is 11.8 Å². The zero-order chi connectivity index (χ0) is 12.4. The number of oxazole rings is 1. The zero-order valence-electron chi connectivity index (χ0n) is 9.51. The van der Waals surface area contributed by atoms with Crippen LogP contribution in [0, 0.1) is 6.92 Å². The molecule has 0 spiro atoms. The third-order valence-electron chi connectivity index (χ3n) is 2.23. The predicted octanol–water partition coefficient (Wildman–Crippen LogP) is 0.597. The molecule has 2 rings (SSSR count). The first-order valence-corrected chi connectivity index (χ1v) is 4.92. The molecule has 0 radical (unpaired) electrons. The Morgan fingerprint density at radius 1 is 1.59 bits per heavy atom. The van der Waals surface area contributed by atoms with Gasteiger partial charge in [0.15, 0.2) is 5.69 Å². The highest BCUT2D eigenvalue weighted by molar-refractivity contribution is 5.92. The van der Waals surface area contributed by atoms with Crippen LogP contribution >= 0.6 is 0 Å². The van der Waals surface area contributed by atoms with Crippen molar-refractivity contribution in [2.24, 2.45) is 0 Å². The molecule has 0 aliphatic rings. The molecule has 0 aliphatic heterocycles. The molecule has 2 aromatic heterocycles. The summed E-state index contributed by atoms with van der Waals surface area (Å²) in [5, 5.41) is 0. The summed E-state index contributed by atoms with van der Waals surface area (Å²) in [4.78, 5) is 19.2. The molecule has 0 bridgehead atoms. The quantitative estimate of drug-likeness (QED) is 0.784. The van der Waals surface area contributed by atoms with E-state index >= 15 is 0 Å². The Morgan fingerprint density at radius 2 is 2.35 bits per heavy atom. The molecule has 17 heavy (non-hydrogen) atoms. The van der Waals surface area contributed by atoms with Gasteiger partial charge in [-0.25, -0.2) is 14.8 Å². The van der Waals surface area contributed by atoms with Gasteiger partial charge in [0.05, 0.1) is 19.6 Å². The summed E-state index contributed by atoms with van der Waals surface area (Å²) in [6, 6.07) is 0. The molecule has 0 saturated carbocycles. The molecule has 0 unspecified atom stereocenters. The molecule has 2 N–H and O–H groups in total. The lowest BCUT2D eigenvalue weighted by Gasteiger charge is -2.01. The maximum absolute atomic E-state index is 11.3. The van der Waals surface area contributed by atoms with Crippen molar-refractivity contribution in [1.29, 1.82) is 0 Å². The van der Waals surface area contributed by atoms with E-state index in [9.17, 15) is 4.79 Å². The SMILES string of the molecule is COC(=O)c1ncn(Cc2ncc(C)o2)c1N. The van der Waals surface area contributed by atoms with Crippen molar-refractivity contribution < 1.29 is 13.9 Å². The molecule has 2 aromatic rings. The molecule has 90 valence electrons. The number of nitrogens with two attached hydrogens (primary N) is 1. The van der Waals surface area contributed by atoms with E-state index in [4.69, 9.17) is 10.2 Å². The van der Waals surface area contributed by atoms with Gasteiger partial charge in [0.2, 0.25) is 5.89 Å². The van der Waals surface area contributed by atoms with Crippen LogP contribution in [0.4, 0.5) is 5.82 Å². The van der Waals surface area contributed by atoms with Gasteiger partial charge < -0.3 is 19.5 Å². The first kappa shape index (κ1) is 11.2. The summed E-state index contributed by atoms with van der Waals surface area (Å²) in [5.74, 6) is 0.882. The number of anilines is 1. The van der Waals surface area contributed by atoms with Crippen molar-refractivity contribution in [3.8, 4) is 0 Å². The van der Waals surface area contributed by atoms with E-state index in [1.807, 2.05) is 0 Å². The van der Waals surface area contributed by atoms with Crippen molar-refractivity contribution in [2.45, 2.75) is 13.5 Å². The van der Waals surface area contributed by atoms with Gasteiger partial charge >= 0.3 is 5.97 Å². The number of esters is 1. The highest BCUT2D eigenvalue weighted by Crippen LogP contribution is 2.13. The summed E-state index contributed by atoms with van der Waals surface area (Å²) in [7, 11) is 1.28. The number of carbonyl (C=O) groups excluding carboxylic acids is 1. The minimum absolute atomic E-state index is 0.0933. The molecular weight excluding hydrogens is 224 g/mol. The molecule has 0 atom stereocenters. The van der Waals surface area contributed by atoms with Crippen molar-refractivity contribution in [1.82, 2.24) is 14.5 Å². The number of aromatic nitrogens is 3. The Balaban J connectivity index is 2.23. The van der Waals surface area contributed by atoms with E-state index in [-0.39, 0.29) is 11.5 Å². The van der Waals surface area contributed by atoms with E-state index in [1.54, 1.807) is 17.7 Å². The maximum Gasteiger partial charge on any atom is 0.360 e. The van der Waals surface area contributed by atoms with E-state index < -0.39 is 5.97 Å². The lowest BCUT2D eigenvalue weighted by Crippen LogP contribution is -2.09. The maximum atomic E-state index is 11.3. The van der Waals surface area contributed by atoms with Gasteiger partial charge in [0, 0.05) is 0 Å². The van der Waals surface area contributed by atoms with Crippen LogP contribution in [0.1, 0.15) is 22.1 Å². The number of ether oxygens (including phenoxy) is 1. The Kier molecular flexibility index (Phi) is 2.82. The van der Waals surface area contributed by atoms with Crippen LogP contribution in [0.2, 0.25) is 0 Å². The smallest absolute Gasteiger partial charge is 0.360 e. The fourth-order valence-corrected chi connectivity index (χ4v) is 1.39. The number of hydrogen-bond acceptors (Lipinski definition) is 6. The van der Waals surface area contributed by atoms with Gasteiger partial charge in [0.1, 0.15) is 18.1 Å². The number of nitrogens with zero attached hydrogens (tertiary/aromatic N) is 3. The van der Waals surface area contributed by atoms with Crippen LogP contribution in [-0.2, 0) is 11.3 Å². The lowest BCUT2D eigenvalue weighted by molar-refractivity contribution is 0.0596. The van der Waals surface area contributed by atoms with Crippen LogP contribution in [0.3, 0.4) is 0 Å². The molecular formula is C10H12N4O3. The van der Waals surface area contributed by atoms with Gasteiger partial charge in [-0.1, -0.05) is 0 Å². The minimum atomic E-state index is -0.565. The third kappa shape index (κ3) is 2.12. The standard InChI is InChI=1S/C10H12N4O3/c1-6-3-12-7(17-6)4-14-5-13-8(9(14)11)10(15)16-2/h3,5H,4,11H2,1-2H3. The van der Waals surface area contributed by atoms with Crippen LogP contribution in [0.25, 0.3) is 0 Å². The first-order valence-electron chi connectivity index (χ1n) is 4.92. The number of carbonyl (C=O) groups is 1. The van der Waals surface area contributed by atoms with Crippen LogP contribution in [-0.4, -0.2) is 27.6 Å². The van der Waals surface area contributed by atoms with Crippen LogP contribution < -0.4 is 5.73 Å². The zero-order valence-corrected chi connectivity index (χ0v) is 9.51. The number of imidazole rings is 1. The topological polar surface area (TPSA) is 96.2 Å². The number of methoxy groups -OCH3 is 1. The number of aryl methyl sites for hydroxylation is 1. The number of nitrogen functional groups attached to an aromatic ring is 1. The summed E-state index contributed by atoms with van der Waals surface area (Å²) >= 11 is 0. The Hall–Kier alpha value is -2.31. The van der Waals surface area contributed by atoms with E-state index in [0.717, 1.165) is 0 Å². The lowest BCUT2D eigenvalue weighted by atomic mass is 10.4. The second-order valence-electron chi connectivity index (χ2n) is 3.46. The second kappa shape index (κ2) is 4.28. The molecule has 0 fully saturated rings. The summed E-state index contributed by atoms with van der Waals surface area (Å²) in [5.41, 5.74) is 5.86. The Bertz CT molecular complexity index is 543. The molecule has 0 amide bonds. The average Bonchev–Trinajstić information content (AvgIpc) is 2.87. The fourth-order valence-electron chi connectivity index (χ4n) is 1.39. The monoisotopic (exact) mass is 236 g/mol. The summed E-state index contributed by atoms with van der Waals surface area (Å²) < 4.78 is 11.4. The highest BCUT2D eigenvalue weighted by atomic mass is 16.5. The van der Waals surface area contributed by atoms with Gasteiger partial charge in [-0.3, -0.25) is 0 Å². The fraction of sp³-hybridized carbons (Fsp3) is 0.300. The Morgan fingerprint density at radius 3 is 2.94 bits per heavy atom. The van der Waals surface area contributed by atoms with Crippen LogP contribution in [0.5, 0.6) is 0 Å². The van der Waals surface area contributed by atoms with Crippen molar-refractivity contribution in [3.05, 3.63) is 29.9 Å². The van der Waals surface area contributed by atoms with Crippen molar-refractivity contribution in [2.75, 3.05) is 12.8 Å². The summed E-state index contributed by atoms with van der Waals surface area (Å²) in [6.07, 6.45) is 3.06. The van der Waals surface area contributed by atoms with Crippen molar-refractivity contribution in [3.63, 3.8) is 0 Å². The molecule has 7 nitrogen and oxygen atoms in total.